The molecule has 119 heavy (non-hydrogen) atoms. The van der Waals surface area contributed by atoms with Crippen molar-refractivity contribution in [1.29, 1.82) is 0 Å². The molecule has 0 spiro atoms. The smallest absolute Gasteiger partial charge is 0.311 e. The Kier molecular flexibility index (Phi) is 36.3. The Morgan fingerprint density at radius 1 is 0.571 bits per heavy atom. The summed E-state index contributed by atoms with van der Waals surface area (Å²) in [4.78, 5) is 82.6. The van der Waals surface area contributed by atoms with Crippen molar-refractivity contribution < 1.29 is 108 Å². The van der Waals surface area contributed by atoms with Crippen LogP contribution in [-0.2, 0) is 57.2 Å². The summed E-state index contributed by atoms with van der Waals surface area (Å²) in [5, 5.41) is 88.7. The number of nitrogens with zero attached hydrogens (tertiary/aromatic N) is 1. The molecular formula is C96H136FNO21. The van der Waals surface area contributed by atoms with Gasteiger partial charge in [0.2, 0.25) is 0 Å². The first kappa shape index (κ1) is 96.6. The topological polar surface area (TPSA) is 353 Å². The summed E-state index contributed by atoms with van der Waals surface area (Å²) < 4.78 is 44.6. The lowest BCUT2D eigenvalue weighted by Crippen LogP contribution is -2.43. The van der Waals surface area contributed by atoms with Gasteiger partial charge in [-0.05, 0) is 199 Å². The number of halogens is 1. The van der Waals surface area contributed by atoms with Crippen LogP contribution in [0.4, 0.5) is 4.39 Å². The third kappa shape index (κ3) is 27.3. The molecule has 8 aliphatic rings. The lowest BCUT2D eigenvalue weighted by Gasteiger charge is -2.44. The Morgan fingerprint density at radius 2 is 1.02 bits per heavy atom. The van der Waals surface area contributed by atoms with Gasteiger partial charge >= 0.3 is 41.8 Å². The number of aliphatic hydroxyl groups excluding tert-OH is 7. The van der Waals surface area contributed by atoms with Gasteiger partial charge in [-0.15, -0.1) is 0 Å². The summed E-state index contributed by atoms with van der Waals surface area (Å²) in [5.41, 5.74) is 6.67. The van der Waals surface area contributed by atoms with Gasteiger partial charge < -0.3 is 74.2 Å². The fourth-order valence-corrected chi connectivity index (χ4v) is 18.4. The SMILES string of the molecule is CC(C)n1c(/C=C/C(O)C[C@@H](O)CC(=O)O)c(-c2ccc(F)cc2)c2ccccc21.CCC(C)(C)C(=O)O[C@H]1C[C@@H](C)C=C2C=C[C@H](C)C(CCC3C[C@@H](O)CC(=O)O3)[C@H]21.CC[C@H](C)C(=O)O[C@H]1C[C@@H](C)C=C2C=C[C@H](C)C(CCC3C[C@@H](O)CC(=O)O3)[C@H]21.CC[C@H](C)C(=O)O[C@H]1C[C@@H](O)C=C2C=C[C@H](C)C(CCC(O)C[C@@H](O)CC(=O)O)[C@H]21. The van der Waals surface area contributed by atoms with E-state index in [0.29, 0.717) is 74.0 Å². The molecule has 658 valence electrons. The summed E-state index contributed by atoms with van der Waals surface area (Å²) >= 11 is 0. The monoisotopic (exact) mass is 1660 g/mol. The summed E-state index contributed by atoms with van der Waals surface area (Å²) in [6.45, 7) is 28.6. The number of para-hydroxylation sites is 1. The van der Waals surface area contributed by atoms with E-state index in [1.54, 1.807) is 24.3 Å². The van der Waals surface area contributed by atoms with Crippen LogP contribution in [0.15, 0.2) is 126 Å². The van der Waals surface area contributed by atoms with Gasteiger partial charge in [0.1, 0.15) is 36.3 Å². The minimum absolute atomic E-state index is 0.0156. The van der Waals surface area contributed by atoms with Gasteiger partial charge in [0.05, 0.1) is 85.7 Å². The number of rotatable bonds is 30. The number of esters is 5. The molecule has 9 N–H and O–H groups in total. The van der Waals surface area contributed by atoms with Crippen molar-refractivity contribution in [2.24, 2.45) is 82.3 Å². The maximum atomic E-state index is 13.5. The van der Waals surface area contributed by atoms with E-state index in [1.807, 2.05) is 84.9 Å². The van der Waals surface area contributed by atoms with Crippen LogP contribution in [0.1, 0.15) is 237 Å². The molecule has 0 radical (unpaired) electrons. The minimum Gasteiger partial charge on any atom is -0.481 e. The van der Waals surface area contributed by atoms with Crippen molar-refractivity contribution in [3.63, 3.8) is 0 Å². The van der Waals surface area contributed by atoms with Gasteiger partial charge in [-0.1, -0.05) is 160 Å². The van der Waals surface area contributed by atoms with E-state index < -0.39 is 72.6 Å². The molecular weight excluding hydrogens is 1520 g/mol. The number of cyclic esters (lactones) is 2. The van der Waals surface area contributed by atoms with Crippen molar-refractivity contribution in [1.82, 2.24) is 4.57 Å². The minimum atomic E-state index is -1.13. The van der Waals surface area contributed by atoms with E-state index in [1.165, 1.54) is 23.3 Å². The van der Waals surface area contributed by atoms with Gasteiger partial charge in [0, 0.05) is 71.6 Å². The summed E-state index contributed by atoms with van der Waals surface area (Å²) in [6, 6.07) is 14.4. The molecule has 2 aromatic carbocycles. The molecule has 3 heterocycles. The molecule has 25 atom stereocenters. The van der Waals surface area contributed by atoms with Gasteiger partial charge in [-0.2, -0.15) is 0 Å². The van der Waals surface area contributed by atoms with Crippen molar-refractivity contribution >= 4 is 58.8 Å². The molecule has 0 bridgehead atoms. The van der Waals surface area contributed by atoms with Crippen molar-refractivity contribution in [2.45, 2.75) is 305 Å². The van der Waals surface area contributed by atoms with E-state index in [-0.39, 0.29) is 140 Å². The molecule has 1 aromatic heterocycles. The van der Waals surface area contributed by atoms with E-state index in [4.69, 9.17) is 33.9 Å². The Bertz CT molecular complexity index is 4110. The second kappa shape index (κ2) is 44.8. The maximum absolute atomic E-state index is 13.5. The van der Waals surface area contributed by atoms with Crippen LogP contribution >= 0.6 is 0 Å². The lowest BCUT2D eigenvalue weighted by molar-refractivity contribution is -0.166. The number of fused-ring (bicyclic) bond motifs is 4. The van der Waals surface area contributed by atoms with Gasteiger partial charge in [-0.3, -0.25) is 33.6 Å². The molecule has 2 fully saturated rings. The number of allylic oxidation sites excluding steroid dienone is 8. The number of ether oxygens (including phenoxy) is 5. The van der Waals surface area contributed by atoms with Crippen LogP contribution in [0, 0.1) is 88.2 Å². The molecule has 2 aliphatic heterocycles. The number of carboxylic acids is 2. The van der Waals surface area contributed by atoms with Crippen LogP contribution in [0.25, 0.3) is 28.1 Å². The molecule has 23 heteroatoms. The molecule has 0 amide bonds. The molecule has 6 aliphatic carbocycles. The van der Waals surface area contributed by atoms with Crippen molar-refractivity contribution in [3.8, 4) is 11.1 Å². The van der Waals surface area contributed by atoms with Crippen LogP contribution in [0.3, 0.4) is 0 Å². The van der Waals surface area contributed by atoms with E-state index >= 15 is 0 Å². The van der Waals surface area contributed by atoms with Crippen LogP contribution in [0.2, 0.25) is 0 Å². The third-order valence-electron chi connectivity index (χ3n) is 25.7. The molecule has 7 unspecified atom stereocenters. The van der Waals surface area contributed by atoms with Crippen LogP contribution < -0.4 is 0 Å². The second-order valence-electron chi connectivity index (χ2n) is 36.1. The number of hydrogen-bond acceptors (Lipinski definition) is 19. The fourth-order valence-electron chi connectivity index (χ4n) is 18.4. The fraction of sp³-hybridized carbons (Fsp3) is 0.635. The normalized spacial score (nSPS) is 29.8. The number of benzene rings is 2. The first-order chi connectivity index (χ1) is 56.3. The van der Waals surface area contributed by atoms with Gasteiger partial charge in [0.15, 0.2) is 0 Å². The summed E-state index contributed by atoms with van der Waals surface area (Å²) in [7, 11) is 0. The number of carbonyl (C=O) groups excluding carboxylic acids is 5. The molecule has 0 saturated carbocycles. The number of carbonyl (C=O) groups is 7. The summed E-state index contributed by atoms with van der Waals surface area (Å²) in [6.07, 6.45) is 24.7. The first-order valence-corrected chi connectivity index (χ1v) is 43.8. The number of hydrogen-bond donors (Lipinski definition) is 9. The number of carboxylic acid groups (broad SMARTS) is 2. The second-order valence-corrected chi connectivity index (χ2v) is 36.1. The van der Waals surface area contributed by atoms with Crippen LogP contribution in [0.5, 0.6) is 0 Å². The third-order valence-corrected chi connectivity index (χ3v) is 25.7. The van der Waals surface area contributed by atoms with E-state index in [9.17, 15) is 73.7 Å². The first-order valence-electron chi connectivity index (χ1n) is 43.8. The van der Waals surface area contributed by atoms with Gasteiger partial charge in [0.25, 0.3) is 0 Å². The zero-order chi connectivity index (χ0) is 87.4. The highest BCUT2D eigenvalue weighted by atomic mass is 19.1. The highest BCUT2D eigenvalue weighted by molar-refractivity contribution is 6.01. The van der Waals surface area contributed by atoms with Crippen molar-refractivity contribution in [2.75, 3.05) is 0 Å². The number of aromatic nitrogens is 1. The number of aliphatic hydroxyl groups is 7. The Hall–Kier alpha value is -7.90. The molecule has 22 nitrogen and oxygen atoms in total. The average molecular weight is 1660 g/mol. The molecule has 2 saturated heterocycles. The highest BCUT2D eigenvalue weighted by Gasteiger charge is 2.47. The maximum Gasteiger partial charge on any atom is 0.311 e. The van der Waals surface area contributed by atoms with Crippen molar-refractivity contribution in [3.05, 3.63) is 138 Å². The van der Waals surface area contributed by atoms with E-state index in [2.05, 4.69) is 95.6 Å². The Balaban J connectivity index is 0.000000198. The predicted molar refractivity (Wildman–Crippen MR) is 453 cm³/mol. The standard InChI is InChI=1S/C25H38O5.C24H26FNO4.C24H36O5.C23H36O7/c1-6-25(4,5)24(28)30-21-12-15(2)11-17-8-7-16(3)20(23(17)21)10-9-19-13-18(26)14-22(27)29-19;1-15(2)26-21-6-4-3-5-20(21)24(16-7-9-17(25)10-8-16)22(26)12-11-18(27)13-19(28)14-23(29)30;1-5-15(3)24(27)29-21-11-14(2)10-17-7-6-16(4)20(23(17)21)9-8-19-12-18(25)13-22(26)28-19;1-4-13(2)23(29)30-20-11-17(25)9-15-6-5-14(3)19(22(15)20)8-7-16(24)10-18(26)12-21(27)28/h7-8,11,15-16,18-21,23,26H,6,9-10,12-14H2,1-5H3;3-12,15,18-19,27-28H,13-14H2,1-2H3,(H,29,30);6-7,10,14-16,18-21,23,25H,5,8-9,11-13H2,1-4H3;5-6,9,13-14,16-20,22,24-26H,4,7-8,10-12H2,1-3H3,(H,27,28)/b;12-11+;;/t15-,16-,18+,19?,20?,21-,23-;18?,19-;14-,15-,16-,18+,19?,20?,21-,23-;13-,14-,16?,17-,18+,19?,20-,22-/m0100/s1. The Labute approximate surface area is 703 Å². The highest BCUT2D eigenvalue weighted by Crippen LogP contribution is 2.49. The Morgan fingerprint density at radius 3 is 1.47 bits per heavy atom. The largest absolute Gasteiger partial charge is 0.481 e. The zero-order valence-electron chi connectivity index (χ0n) is 72.4. The molecule has 3 aromatic rings. The van der Waals surface area contributed by atoms with Crippen LogP contribution in [-0.4, -0.2) is 166 Å². The quantitative estimate of drug-likeness (QED) is 0.0221. The summed E-state index contributed by atoms with van der Waals surface area (Å²) in [5.74, 6) is -1.21. The molecule has 11 rings (SSSR count). The average Bonchev–Trinajstić information content (AvgIpc) is 1.62. The predicted octanol–water partition coefficient (Wildman–Crippen LogP) is 15.8. The zero-order valence-corrected chi connectivity index (χ0v) is 72.4. The van der Waals surface area contributed by atoms with Gasteiger partial charge in [-0.25, -0.2) is 4.39 Å². The number of aliphatic carboxylic acids is 2. The lowest BCUT2D eigenvalue weighted by atomic mass is 9.65. The van der Waals surface area contributed by atoms with E-state index in [0.717, 1.165) is 84.7 Å².